The van der Waals surface area contributed by atoms with Gasteiger partial charge < -0.3 is 10.1 Å². The zero-order chi connectivity index (χ0) is 19.1. The lowest BCUT2D eigenvalue weighted by Gasteiger charge is -2.08. The Bertz CT molecular complexity index is 811. The summed E-state index contributed by atoms with van der Waals surface area (Å²) in [6, 6.07) is 10.6. The average molecular weight is 412 g/mol. The van der Waals surface area contributed by atoms with E-state index in [0.29, 0.717) is 21.4 Å². The third-order valence-corrected chi connectivity index (χ3v) is 5.36. The molecular formula is C19H19Cl2NO3S. The molecule has 0 aliphatic heterocycles. The van der Waals surface area contributed by atoms with Crippen molar-refractivity contribution in [1.82, 2.24) is 5.32 Å². The van der Waals surface area contributed by atoms with Gasteiger partial charge in [-0.15, -0.1) is 11.8 Å². The molecule has 2 aromatic rings. The summed E-state index contributed by atoms with van der Waals surface area (Å²) in [5.41, 5.74) is 2.65. The number of benzene rings is 2. The number of ether oxygens (including phenoxy) is 1. The fourth-order valence-electron chi connectivity index (χ4n) is 2.08. The first-order valence-corrected chi connectivity index (χ1v) is 9.70. The van der Waals surface area contributed by atoms with Crippen LogP contribution in [0.4, 0.5) is 0 Å². The molecular weight excluding hydrogens is 393 g/mol. The van der Waals surface area contributed by atoms with E-state index in [0.717, 1.165) is 16.0 Å². The first-order chi connectivity index (χ1) is 12.4. The number of halogens is 2. The van der Waals surface area contributed by atoms with Crippen LogP contribution in [0.5, 0.6) is 0 Å². The van der Waals surface area contributed by atoms with Gasteiger partial charge in [-0.1, -0.05) is 29.3 Å². The second kappa shape index (κ2) is 9.86. The molecule has 0 fully saturated rings. The number of rotatable bonds is 7. The molecule has 0 aliphatic rings. The Morgan fingerprint density at radius 2 is 1.85 bits per heavy atom. The van der Waals surface area contributed by atoms with Crippen LogP contribution in [0.15, 0.2) is 41.3 Å². The number of hydrogen-bond acceptors (Lipinski definition) is 4. The minimum atomic E-state index is -0.486. The Morgan fingerprint density at radius 3 is 2.58 bits per heavy atom. The smallest absolute Gasteiger partial charge is 0.325 e. The van der Waals surface area contributed by atoms with Crippen molar-refractivity contribution in [2.24, 2.45) is 0 Å². The Balaban J connectivity index is 1.71. The Morgan fingerprint density at radius 1 is 1.08 bits per heavy atom. The number of amides is 1. The molecule has 26 heavy (non-hydrogen) atoms. The number of hydrogen-bond donors (Lipinski definition) is 1. The molecule has 0 aliphatic carbocycles. The number of aryl methyl sites for hydroxylation is 2. The van der Waals surface area contributed by atoms with Gasteiger partial charge in [-0.2, -0.15) is 0 Å². The van der Waals surface area contributed by atoms with Gasteiger partial charge in [0.2, 0.25) is 0 Å². The predicted octanol–water partition coefficient (Wildman–Crippen LogP) is 4.68. The van der Waals surface area contributed by atoms with Crippen LogP contribution >= 0.6 is 35.0 Å². The molecule has 7 heteroatoms. The molecule has 0 aromatic heterocycles. The molecule has 2 aromatic carbocycles. The van der Waals surface area contributed by atoms with Crippen molar-refractivity contribution in [2.75, 3.05) is 18.9 Å². The van der Waals surface area contributed by atoms with Gasteiger partial charge in [0.1, 0.15) is 13.2 Å². The van der Waals surface area contributed by atoms with E-state index in [1.807, 2.05) is 19.9 Å². The van der Waals surface area contributed by atoms with Crippen molar-refractivity contribution >= 4 is 46.8 Å². The van der Waals surface area contributed by atoms with Crippen LogP contribution in [0.25, 0.3) is 0 Å². The van der Waals surface area contributed by atoms with Gasteiger partial charge in [-0.25, -0.2) is 0 Å². The summed E-state index contributed by atoms with van der Waals surface area (Å²) in [5, 5.41) is 3.76. The van der Waals surface area contributed by atoms with Gasteiger partial charge in [-0.05, 0) is 55.3 Å². The van der Waals surface area contributed by atoms with Crippen LogP contribution in [0.2, 0.25) is 10.0 Å². The summed E-state index contributed by atoms with van der Waals surface area (Å²) < 4.78 is 5.11. The number of thioether (sulfide) groups is 1. The average Bonchev–Trinajstić information content (AvgIpc) is 2.61. The van der Waals surface area contributed by atoms with Crippen molar-refractivity contribution < 1.29 is 14.3 Å². The summed E-state index contributed by atoms with van der Waals surface area (Å²) in [7, 11) is 0. The van der Waals surface area contributed by atoms with E-state index in [2.05, 4.69) is 5.32 Å². The van der Waals surface area contributed by atoms with E-state index >= 15 is 0 Å². The fourth-order valence-corrected chi connectivity index (χ4v) is 3.40. The van der Waals surface area contributed by atoms with Gasteiger partial charge in [0.25, 0.3) is 5.91 Å². The molecule has 1 amide bonds. The van der Waals surface area contributed by atoms with Crippen LogP contribution in [-0.4, -0.2) is 30.8 Å². The topological polar surface area (TPSA) is 55.4 Å². The maximum absolute atomic E-state index is 12.0. The molecule has 2 rings (SSSR count). The van der Waals surface area contributed by atoms with Crippen molar-refractivity contribution in [2.45, 2.75) is 18.7 Å². The zero-order valence-electron chi connectivity index (χ0n) is 14.5. The van der Waals surface area contributed by atoms with E-state index in [-0.39, 0.29) is 19.1 Å². The summed E-state index contributed by atoms with van der Waals surface area (Å²) in [4.78, 5) is 24.6. The number of esters is 1. The molecule has 0 atom stereocenters. The van der Waals surface area contributed by atoms with Crippen LogP contribution in [0.1, 0.15) is 21.5 Å². The third kappa shape index (κ3) is 6.24. The minimum Gasteiger partial charge on any atom is -0.463 e. The van der Waals surface area contributed by atoms with Crippen molar-refractivity contribution in [3.05, 3.63) is 63.1 Å². The van der Waals surface area contributed by atoms with E-state index < -0.39 is 5.97 Å². The van der Waals surface area contributed by atoms with Gasteiger partial charge in [0.15, 0.2) is 0 Å². The van der Waals surface area contributed by atoms with Crippen molar-refractivity contribution in [3.63, 3.8) is 0 Å². The largest absolute Gasteiger partial charge is 0.463 e. The lowest BCUT2D eigenvalue weighted by molar-refractivity contribution is -0.141. The normalized spacial score (nSPS) is 10.5. The summed E-state index contributed by atoms with van der Waals surface area (Å²) in [6.07, 6.45) is 0. The quantitative estimate of drug-likeness (QED) is 0.408. The molecule has 0 radical (unpaired) electrons. The third-order valence-electron chi connectivity index (χ3n) is 3.66. The highest BCUT2D eigenvalue weighted by Crippen LogP contribution is 2.29. The highest BCUT2D eigenvalue weighted by molar-refractivity contribution is 7.99. The molecule has 1 N–H and O–H groups in total. The van der Waals surface area contributed by atoms with Crippen LogP contribution < -0.4 is 5.32 Å². The standard InChI is InChI=1S/C19H19Cl2NO3S/c1-12-3-4-14(9-13(12)2)19(24)22-11-18(23)25-7-8-26-17-10-15(20)5-6-16(17)21/h3-6,9-10H,7-8,11H2,1-2H3,(H,22,24). The number of nitrogens with one attached hydrogen (secondary N) is 1. The maximum atomic E-state index is 12.0. The summed E-state index contributed by atoms with van der Waals surface area (Å²) in [5.74, 6) is -0.248. The van der Waals surface area contributed by atoms with E-state index in [4.69, 9.17) is 27.9 Å². The minimum absolute atomic E-state index is 0.172. The van der Waals surface area contributed by atoms with Crippen molar-refractivity contribution in [1.29, 1.82) is 0 Å². The number of carbonyl (C=O) groups excluding carboxylic acids is 2. The first kappa shape index (κ1) is 20.6. The van der Waals surface area contributed by atoms with Gasteiger partial charge in [-0.3, -0.25) is 9.59 Å². The lowest BCUT2D eigenvalue weighted by Crippen LogP contribution is -2.31. The van der Waals surface area contributed by atoms with E-state index in [1.54, 1.807) is 30.3 Å². The van der Waals surface area contributed by atoms with E-state index in [1.165, 1.54) is 11.8 Å². The van der Waals surface area contributed by atoms with Gasteiger partial charge in [0.05, 0.1) is 5.02 Å². The van der Waals surface area contributed by atoms with Crippen molar-refractivity contribution in [3.8, 4) is 0 Å². The highest BCUT2D eigenvalue weighted by Gasteiger charge is 2.10. The SMILES string of the molecule is Cc1ccc(C(=O)NCC(=O)OCCSc2cc(Cl)ccc2Cl)cc1C. The van der Waals surface area contributed by atoms with Gasteiger partial charge in [0, 0.05) is 21.2 Å². The molecule has 0 heterocycles. The van der Waals surface area contributed by atoms with Crippen LogP contribution in [0, 0.1) is 13.8 Å². The number of carbonyl (C=O) groups is 2. The zero-order valence-corrected chi connectivity index (χ0v) is 16.8. The molecule has 0 saturated heterocycles. The molecule has 4 nitrogen and oxygen atoms in total. The monoisotopic (exact) mass is 411 g/mol. The maximum Gasteiger partial charge on any atom is 0.325 e. The molecule has 0 bridgehead atoms. The summed E-state index contributed by atoms with van der Waals surface area (Å²) in [6.45, 7) is 3.95. The van der Waals surface area contributed by atoms with E-state index in [9.17, 15) is 9.59 Å². The predicted molar refractivity (Wildman–Crippen MR) is 106 cm³/mol. The Hall–Kier alpha value is -1.69. The Kier molecular flexibility index (Phi) is 7.82. The highest BCUT2D eigenvalue weighted by atomic mass is 35.5. The molecule has 138 valence electrons. The Labute approximate surface area is 167 Å². The first-order valence-electron chi connectivity index (χ1n) is 7.95. The molecule has 0 spiro atoms. The second-order valence-corrected chi connectivity index (χ2v) is 7.61. The van der Waals surface area contributed by atoms with Gasteiger partial charge >= 0.3 is 5.97 Å². The fraction of sp³-hybridized carbons (Fsp3) is 0.263. The molecule has 0 saturated carbocycles. The van der Waals surface area contributed by atoms with Crippen LogP contribution in [0.3, 0.4) is 0 Å². The lowest BCUT2D eigenvalue weighted by atomic mass is 10.1. The second-order valence-electron chi connectivity index (χ2n) is 5.63. The molecule has 0 unspecified atom stereocenters. The summed E-state index contributed by atoms with van der Waals surface area (Å²) >= 11 is 13.4. The van der Waals surface area contributed by atoms with Crippen LogP contribution in [-0.2, 0) is 9.53 Å².